The van der Waals surface area contributed by atoms with Crippen LogP contribution >= 0.6 is 0 Å². The van der Waals surface area contributed by atoms with Crippen LogP contribution < -0.4 is 0 Å². The lowest BCUT2D eigenvalue weighted by Gasteiger charge is -2.11. The van der Waals surface area contributed by atoms with Crippen LogP contribution in [-0.4, -0.2) is 26.4 Å². The lowest BCUT2D eigenvalue weighted by molar-refractivity contribution is 0.0421. The fourth-order valence-corrected chi connectivity index (χ4v) is 1.74. The largest absolute Gasteiger partial charge is 0.379 e. The summed E-state index contributed by atoms with van der Waals surface area (Å²) in [6.45, 7) is 10.1. The van der Waals surface area contributed by atoms with Crippen molar-refractivity contribution in [1.29, 1.82) is 0 Å². The van der Waals surface area contributed by atoms with E-state index in [0.717, 1.165) is 38.8 Å². The molecule has 17 heavy (non-hydrogen) atoms. The van der Waals surface area contributed by atoms with E-state index in [9.17, 15) is 0 Å². The van der Waals surface area contributed by atoms with E-state index in [1.807, 2.05) is 0 Å². The molecule has 0 aliphatic heterocycles. The summed E-state index contributed by atoms with van der Waals surface area (Å²) in [4.78, 5) is 0. The highest BCUT2D eigenvalue weighted by molar-refractivity contribution is 4.53. The first-order valence-electron chi connectivity index (χ1n) is 7.46. The molecule has 0 aromatic heterocycles. The summed E-state index contributed by atoms with van der Waals surface area (Å²) in [6, 6.07) is 0. The standard InChI is InChI=1S/C15H32O2/c1-4-6-8-9-15(3)10-12-17-14-13-16-11-7-5-2/h15H,4-14H2,1-3H3/t15-/m1/s1. The summed E-state index contributed by atoms with van der Waals surface area (Å²) in [5.74, 6) is 0.808. The quantitative estimate of drug-likeness (QED) is 0.446. The Balaban J connectivity index is 3.05. The molecule has 0 heterocycles. The van der Waals surface area contributed by atoms with Gasteiger partial charge in [0.1, 0.15) is 0 Å². The predicted molar refractivity (Wildman–Crippen MR) is 74.5 cm³/mol. The van der Waals surface area contributed by atoms with Crippen molar-refractivity contribution >= 4 is 0 Å². The molecule has 2 heteroatoms. The molecular formula is C15H32O2. The van der Waals surface area contributed by atoms with Crippen LogP contribution in [0.4, 0.5) is 0 Å². The molecule has 0 aliphatic carbocycles. The lowest BCUT2D eigenvalue weighted by atomic mass is 10.0. The van der Waals surface area contributed by atoms with Crippen molar-refractivity contribution in [1.82, 2.24) is 0 Å². The van der Waals surface area contributed by atoms with Crippen molar-refractivity contribution in [2.45, 2.75) is 65.7 Å². The van der Waals surface area contributed by atoms with Gasteiger partial charge in [-0.25, -0.2) is 0 Å². The first-order chi connectivity index (χ1) is 8.31. The fraction of sp³-hybridized carbons (Fsp3) is 1.00. The molecule has 104 valence electrons. The third kappa shape index (κ3) is 13.9. The van der Waals surface area contributed by atoms with Crippen LogP contribution in [0.5, 0.6) is 0 Å². The van der Waals surface area contributed by atoms with E-state index in [-0.39, 0.29) is 0 Å². The highest BCUT2D eigenvalue weighted by Crippen LogP contribution is 2.12. The molecule has 0 bridgehead atoms. The number of rotatable bonds is 13. The molecule has 0 unspecified atom stereocenters. The second-order valence-corrected chi connectivity index (χ2v) is 4.97. The smallest absolute Gasteiger partial charge is 0.0700 e. The molecule has 0 amide bonds. The zero-order chi connectivity index (χ0) is 12.8. The SMILES string of the molecule is CCCCC[C@@H](C)CCOCCOCCCC. The Morgan fingerprint density at radius 2 is 1.35 bits per heavy atom. The van der Waals surface area contributed by atoms with Crippen LogP contribution in [0.2, 0.25) is 0 Å². The number of hydrogen-bond acceptors (Lipinski definition) is 2. The van der Waals surface area contributed by atoms with Crippen LogP contribution in [-0.2, 0) is 9.47 Å². The first-order valence-corrected chi connectivity index (χ1v) is 7.46. The Hall–Kier alpha value is -0.0800. The average Bonchev–Trinajstić information content (AvgIpc) is 2.33. The van der Waals surface area contributed by atoms with Gasteiger partial charge in [0.15, 0.2) is 0 Å². The van der Waals surface area contributed by atoms with Gasteiger partial charge in [-0.3, -0.25) is 0 Å². The summed E-state index contributed by atoms with van der Waals surface area (Å²) in [5, 5.41) is 0. The maximum atomic E-state index is 5.57. The van der Waals surface area contributed by atoms with E-state index in [0.29, 0.717) is 0 Å². The normalized spacial score (nSPS) is 12.9. The molecule has 0 aromatic rings. The summed E-state index contributed by atoms with van der Waals surface area (Å²) in [5.41, 5.74) is 0. The van der Waals surface area contributed by atoms with E-state index >= 15 is 0 Å². The van der Waals surface area contributed by atoms with Gasteiger partial charge in [0, 0.05) is 13.2 Å². The zero-order valence-electron chi connectivity index (χ0n) is 12.2. The highest BCUT2D eigenvalue weighted by atomic mass is 16.5. The van der Waals surface area contributed by atoms with Gasteiger partial charge in [0.05, 0.1) is 13.2 Å². The third-order valence-electron chi connectivity index (χ3n) is 3.07. The molecule has 0 rings (SSSR count). The summed E-state index contributed by atoms with van der Waals surface area (Å²) in [7, 11) is 0. The molecule has 0 saturated carbocycles. The third-order valence-corrected chi connectivity index (χ3v) is 3.07. The van der Waals surface area contributed by atoms with Gasteiger partial charge in [0.2, 0.25) is 0 Å². The summed E-state index contributed by atoms with van der Waals surface area (Å²) in [6.07, 6.45) is 8.97. The minimum Gasteiger partial charge on any atom is -0.379 e. The molecule has 0 radical (unpaired) electrons. The monoisotopic (exact) mass is 244 g/mol. The van der Waals surface area contributed by atoms with Gasteiger partial charge in [0.25, 0.3) is 0 Å². The van der Waals surface area contributed by atoms with E-state index in [1.54, 1.807) is 0 Å². The van der Waals surface area contributed by atoms with Gasteiger partial charge in [-0.15, -0.1) is 0 Å². The Morgan fingerprint density at radius 3 is 2.00 bits per heavy atom. The highest BCUT2D eigenvalue weighted by Gasteiger charge is 2.01. The number of ether oxygens (including phenoxy) is 2. The van der Waals surface area contributed by atoms with E-state index in [4.69, 9.17) is 9.47 Å². The number of unbranched alkanes of at least 4 members (excludes halogenated alkanes) is 3. The fourth-order valence-electron chi connectivity index (χ4n) is 1.74. The van der Waals surface area contributed by atoms with Crippen molar-refractivity contribution in [2.24, 2.45) is 5.92 Å². The molecule has 0 spiro atoms. The summed E-state index contributed by atoms with van der Waals surface area (Å²) < 4.78 is 11.0. The van der Waals surface area contributed by atoms with Crippen LogP contribution in [0.15, 0.2) is 0 Å². The van der Waals surface area contributed by atoms with Gasteiger partial charge < -0.3 is 9.47 Å². The molecule has 0 fully saturated rings. The Labute approximate surface area is 108 Å². The maximum Gasteiger partial charge on any atom is 0.0700 e. The minimum absolute atomic E-state index is 0.754. The van der Waals surface area contributed by atoms with Crippen LogP contribution in [0, 0.1) is 5.92 Å². The van der Waals surface area contributed by atoms with E-state index in [2.05, 4.69) is 20.8 Å². The lowest BCUT2D eigenvalue weighted by Crippen LogP contribution is -2.08. The van der Waals surface area contributed by atoms with Gasteiger partial charge in [-0.05, 0) is 18.8 Å². The molecule has 0 N–H and O–H groups in total. The Morgan fingerprint density at radius 1 is 0.706 bits per heavy atom. The Bertz CT molecular complexity index is 137. The summed E-state index contributed by atoms with van der Waals surface area (Å²) >= 11 is 0. The first kappa shape index (κ1) is 16.9. The molecule has 0 aromatic carbocycles. The topological polar surface area (TPSA) is 18.5 Å². The second kappa shape index (κ2) is 14.0. The van der Waals surface area contributed by atoms with E-state index < -0.39 is 0 Å². The van der Waals surface area contributed by atoms with Crippen molar-refractivity contribution in [3.05, 3.63) is 0 Å². The van der Waals surface area contributed by atoms with Crippen molar-refractivity contribution in [3.63, 3.8) is 0 Å². The molecule has 2 nitrogen and oxygen atoms in total. The van der Waals surface area contributed by atoms with Crippen LogP contribution in [0.1, 0.15) is 65.7 Å². The van der Waals surface area contributed by atoms with Crippen molar-refractivity contribution in [2.75, 3.05) is 26.4 Å². The van der Waals surface area contributed by atoms with Gasteiger partial charge >= 0.3 is 0 Å². The predicted octanol–water partition coefficient (Wildman–Crippen LogP) is 4.43. The molecular weight excluding hydrogens is 212 g/mol. The maximum absolute atomic E-state index is 5.57. The van der Waals surface area contributed by atoms with Crippen LogP contribution in [0.3, 0.4) is 0 Å². The van der Waals surface area contributed by atoms with Crippen molar-refractivity contribution < 1.29 is 9.47 Å². The molecule has 0 aliphatic rings. The average molecular weight is 244 g/mol. The van der Waals surface area contributed by atoms with Crippen LogP contribution in [0.25, 0.3) is 0 Å². The van der Waals surface area contributed by atoms with Crippen molar-refractivity contribution in [3.8, 4) is 0 Å². The Kier molecular flexibility index (Phi) is 13.9. The number of hydrogen-bond donors (Lipinski definition) is 0. The van der Waals surface area contributed by atoms with Gasteiger partial charge in [-0.1, -0.05) is 52.9 Å². The molecule has 1 atom stereocenters. The minimum atomic E-state index is 0.754. The second-order valence-electron chi connectivity index (χ2n) is 4.97. The molecule has 0 saturated heterocycles. The van der Waals surface area contributed by atoms with E-state index in [1.165, 1.54) is 38.5 Å². The van der Waals surface area contributed by atoms with Gasteiger partial charge in [-0.2, -0.15) is 0 Å². The zero-order valence-corrected chi connectivity index (χ0v) is 12.2.